The van der Waals surface area contributed by atoms with Gasteiger partial charge in [0.05, 0.1) is 0 Å². The molecule has 0 aliphatic carbocycles. The minimum Gasteiger partial charge on any atom is -0.478 e. The molecule has 20 heavy (non-hydrogen) atoms. The van der Waals surface area contributed by atoms with Crippen LogP contribution < -0.4 is 0 Å². The summed E-state index contributed by atoms with van der Waals surface area (Å²) in [7, 11) is 0. The number of hydrogen-bond acceptors (Lipinski definition) is 2. The van der Waals surface area contributed by atoms with Gasteiger partial charge in [0.2, 0.25) is 0 Å². The van der Waals surface area contributed by atoms with Crippen LogP contribution in [0.25, 0.3) is 0 Å². The Hall–Kier alpha value is -1.58. The maximum Gasteiger partial charge on any atom is 0.330 e. The number of rotatable bonds is 10. The van der Waals surface area contributed by atoms with Crippen LogP contribution >= 0.6 is 0 Å². The van der Waals surface area contributed by atoms with Crippen molar-refractivity contribution in [1.29, 1.82) is 0 Å². The maximum absolute atomic E-state index is 10.5. The molecule has 0 rings (SSSR count). The number of allylic oxidation sites excluding steroid dienone is 1. The van der Waals surface area contributed by atoms with Crippen molar-refractivity contribution in [1.82, 2.24) is 0 Å². The second-order valence-corrected chi connectivity index (χ2v) is 4.64. The fourth-order valence-electron chi connectivity index (χ4n) is 1.51. The molecule has 0 aromatic carbocycles. The molecule has 0 aliphatic heterocycles. The number of carboxylic acids is 2. The van der Waals surface area contributed by atoms with Crippen LogP contribution in [-0.2, 0) is 9.59 Å². The van der Waals surface area contributed by atoms with E-state index < -0.39 is 11.9 Å². The average molecular weight is 284 g/mol. The van der Waals surface area contributed by atoms with Crippen LogP contribution in [0.4, 0.5) is 0 Å². The van der Waals surface area contributed by atoms with Gasteiger partial charge in [-0.3, -0.25) is 0 Å². The lowest BCUT2D eigenvalue weighted by molar-refractivity contribution is -0.133. The molecule has 0 saturated heterocycles. The molecule has 0 spiro atoms. The largest absolute Gasteiger partial charge is 0.478 e. The molecule has 0 heterocycles. The zero-order valence-corrected chi connectivity index (χ0v) is 12.7. The summed E-state index contributed by atoms with van der Waals surface area (Å²) in [4.78, 5) is 19.7. The van der Waals surface area contributed by atoms with Crippen LogP contribution in [0.2, 0.25) is 0 Å². The molecule has 2 N–H and O–H groups in total. The predicted octanol–water partition coefficient (Wildman–Crippen LogP) is 4.42. The Morgan fingerprint density at radius 2 is 1.45 bits per heavy atom. The van der Waals surface area contributed by atoms with Gasteiger partial charge in [0.1, 0.15) is 0 Å². The van der Waals surface area contributed by atoms with Gasteiger partial charge in [0.15, 0.2) is 0 Å². The third kappa shape index (κ3) is 18.8. The van der Waals surface area contributed by atoms with Crippen LogP contribution in [0.1, 0.15) is 65.2 Å². The van der Waals surface area contributed by atoms with Crippen molar-refractivity contribution >= 4 is 11.9 Å². The molecule has 0 unspecified atom stereocenters. The molecule has 116 valence electrons. The van der Waals surface area contributed by atoms with Crippen LogP contribution in [0.5, 0.6) is 0 Å². The van der Waals surface area contributed by atoms with Crippen LogP contribution in [0.15, 0.2) is 24.3 Å². The standard InChI is InChI=1S/C13H24O2.C3H4O2/c1-3-4-5-6-7-8-9-10-11-12(2)13(14)15;1-2-3(4)5/h11H,3-10H2,1-2H3,(H,14,15);2H,1H2,(H,4,5). The topological polar surface area (TPSA) is 74.6 Å². The molecule has 0 aromatic heterocycles. The monoisotopic (exact) mass is 284 g/mol. The summed E-state index contributed by atoms with van der Waals surface area (Å²) in [5.41, 5.74) is 0.473. The molecule has 4 nitrogen and oxygen atoms in total. The number of carboxylic acid groups (broad SMARTS) is 2. The fraction of sp³-hybridized carbons (Fsp3) is 0.625. The van der Waals surface area contributed by atoms with Gasteiger partial charge >= 0.3 is 11.9 Å². The van der Waals surface area contributed by atoms with Gasteiger partial charge in [0, 0.05) is 11.6 Å². The second kappa shape index (κ2) is 15.5. The SMILES string of the molecule is C=CC(=O)O.CCCCCCCCCC=C(C)C(=O)O. The third-order valence-corrected chi connectivity index (χ3v) is 2.77. The van der Waals surface area contributed by atoms with Crippen LogP contribution in [0.3, 0.4) is 0 Å². The third-order valence-electron chi connectivity index (χ3n) is 2.77. The molecule has 0 amide bonds. The Morgan fingerprint density at radius 3 is 1.85 bits per heavy atom. The van der Waals surface area contributed by atoms with E-state index in [-0.39, 0.29) is 0 Å². The van der Waals surface area contributed by atoms with Gasteiger partial charge < -0.3 is 10.2 Å². The van der Waals surface area contributed by atoms with Gasteiger partial charge in [-0.2, -0.15) is 0 Å². The van der Waals surface area contributed by atoms with Gasteiger partial charge in [-0.05, 0) is 19.8 Å². The van der Waals surface area contributed by atoms with Crippen molar-refractivity contribution in [3.63, 3.8) is 0 Å². The Balaban J connectivity index is 0. The Labute approximate surface area is 122 Å². The smallest absolute Gasteiger partial charge is 0.330 e. The van der Waals surface area contributed by atoms with E-state index in [9.17, 15) is 9.59 Å². The zero-order chi connectivity index (χ0) is 15.8. The van der Waals surface area contributed by atoms with E-state index in [2.05, 4.69) is 13.5 Å². The summed E-state index contributed by atoms with van der Waals surface area (Å²) in [5.74, 6) is -1.78. The Bertz CT molecular complexity index is 306. The minimum absolute atomic E-state index is 0.473. The van der Waals surface area contributed by atoms with Gasteiger partial charge in [-0.25, -0.2) is 9.59 Å². The molecule has 4 heteroatoms. The molecular weight excluding hydrogens is 256 g/mol. The number of aliphatic carboxylic acids is 2. The highest BCUT2D eigenvalue weighted by Gasteiger charge is 1.97. The first-order valence-electron chi connectivity index (χ1n) is 7.21. The first kappa shape index (κ1) is 20.7. The van der Waals surface area contributed by atoms with E-state index in [1.54, 1.807) is 6.92 Å². The van der Waals surface area contributed by atoms with Crippen molar-refractivity contribution in [3.05, 3.63) is 24.3 Å². The lowest BCUT2D eigenvalue weighted by Gasteiger charge is -1.99. The van der Waals surface area contributed by atoms with Crippen molar-refractivity contribution in [2.75, 3.05) is 0 Å². The minimum atomic E-state index is -0.981. The van der Waals surface area contributed by atoms with Crippen molar-refractivity contribution in [2.24, 2.45) is 0 Å². The van der Waals surface area contributed by atoms with Gasteiger partial charge in [-0.15, -0.1) is 0 Å². The molecule has 0 bridgehead atoms. The molecule has 0 atom stereocenters. The second-order valence-electron chi connectivity index (χ2n) is 4.64. The van der Waals surface area contributed by atoms with Crippen LogP contribution in [-0.4, -0.2) is 22.2 Å². The fourth-order valence-corrected chi connectivity index (χ4v) is 1.51. The van der Waals surface area contributed by atoms with E-state index in [0.717, 1.165) is 18.9 Å². The van der Waals surface area contributed by atoms with Gasteiger partial charge in [-0.1, -0.05) is 58.1 Å². The van der Waals surface area contributed by atoms with E-state index in [1.165, 1.54) is 38.5 Å². The first-order chi connectivity index (χ1) is 9.45. The number of carbonyl (C=O) groups is 2. The Kier molecular flexibility index (Phi) is 16.0. The highest BCUT2D eigenvalue weighted by molar-refractivity contribution is 5.85. The van der Waals surface area contributed by atoms with Crippen LogP contribution in [0, 0.1) is 0 Å². The number of unbranched alkanes of at least 4 members (excludes halogenated alkanes) is 7. The zero-order valence-electron chi connectivity index (χ0n) is 12.7. The van der Waals surface area contributed by atoms with Crippen molar-refractivity contribution in [3.8, 4) is 0 Å². The lowest BCUT2D eigenvalue weighted by Crippen LogP contribution is -1.95. The molecule has 0 saturated carbocycles. The molecule has 0 aliphatic rings. The maximum atomic E-state index is 10.5. The quantitative estimate of drug-likeness (QED) is 0.460. The number of hydrogen-bond donors (Lipinski definition) is 2. The summed E-state index contributed by atoms with van der Waals surface area (Å²) in [6.07, 6.45) is 12.5. The van der Waals surface area contributed by atoms with E-state index in [1.807, 2.05) is 6.08 Å². The normalized spacial score (nSPS) is 10.4. The average Bonchev–Trinajstić information content (AvgIpc) is 2.42. The lowest BCUT2D eigenvalue weighted by atomic mass is 10.1. The van der Waals surface area contributed by atoms with Gasteiger partial charge in [0.25, 0.3) is 0 Å². The Morgan fingerprint density at radius 1 is 1.00 bits per heavy atom. The van der Waals surface area contributed by atoms with Crippen molar-refractivity contribution in [2.45, 2.75) is 65.2 Å². The summed E-state index contributed by atoms with van der Waals surface area (Å²) in [6.45, 7) is 6.84. The van der Waals surface area contributed by atoms with E-state index >= 15 is 0 Å². The molecule has 0 fully saturated rings. The van der Waals surface area contributed by atoms with Crippen molar-refractivity contribution < 1.29 is 19.8 Å². The highest BCUT2D eigenvalue weighted by Crippen LogP contribution is 2.09. The summed E-state index contributed by atoms with van der Waals surface area (Å²) in [6, 6.07) is 0. The predicted molar refractivity (Wildman–Crippen MR) is 81.8 cm³/mol. The molecular formula is C16H28O4. The molecule has 0 radical (unpaired) electrons. The first-order valence-corrected chi connectivity index (χ1v) is 7.21. The van der Waals surface area contributed by atoms with E-state index in [4.69, 9.17) is 10.2 Å². The summed E-state index contributed by atoms with van der Waals surface area (Å²) >= 11 is 0. The summed E-state index contributed by atoms with van der Waals surface area (Å²) < 4.78 is 0. The van der Waals surface area contributed by atoms with E-state index in [0.29, 0.717) is 5.57 Å². The molecule has 0 aromatic rings. The summed E-state index contributed by atoms with van der Waals surface area (Å²) in [5, 5.41) is 16.2. The highest BCUT2D eigenvalue weighted by atomic mass is 16.4.